The van der Waals surface area contributed by atoms with Crippen LogP contribution in [-0.2, 0) is 24.3 Å². The van der Waals surface area contributed by atoms with Crippen LogP contribution in [0, 0.1) is 5.82 Å². The van der Waals surface area contributed by atoms with Gasteiger partial charge in [-0.2, -0.15) is 0 Å². The minimum atomic E-state index is -3.63. The van der Waals surface area contributed by atoms with Gasteiger partial charge in [-0.05, 0) is 44.0 Å². The molecule has 9 nitrogen and oxygen atoms in total. The first-order chi connectivity index (χ1) is 16.7. The van der Waals surface area contributed by atoms with Crippen LogP contribution in [0.5, 0.6) is 0 Å². The highest BCUT2D eigenvalue weighted by Gasteiger charge is 2.35. The van der Waals surface area contributed by atoms with Crippen LogP contribution in [0.3, 0.4) is 0 Å². The number of hydrogen-bond donors (Lipinski definition) is 1. The number of benzene rings is 1. The third-order valence-electron chi connectivity index (χ3n) is 5.67. The first-order valence-electron chi connectivity index (χ1n) is 11.5. The lowest BCUT2D eigenvalue weighted by Crippen LogP contribution is -2.44. The minimum Gasteiger partial charge on any atom is -0.481 e. The van der Waals surface area contributed by atoms with Crippen molar-refractivity contribution < 1.29 is 32.2 Å². The molecule has 1 saturated heterocycles. The number of carbonyl (C=O) groups is 1. The molecule has 0 bridgehead atoms. The standard InChI is InChI=1S/C25H32FN3O6S/c1-15(2)22-20(12-11-18-13-19(14-21(30)31)35-25(3,4)34-18)23(16-7-9-17(26)10-8-16)28-24(27-22)29(5)36(6,32)33/h7-12,15,18-19H,13-14H2,1-6H3,(H,30,31)/t18?,19-/m0/s1. The molecule has 1 N–H and O–H groups in total. The van der Waals surface area contributed by atoms with E-state index >= 15 is 0 Å². The van der Waals surface area contributed by atoms with Crippen LogP contribution in [-0.4, -0.2) is 60.8 Å². The third kappa shape index (κ3) is 6.86. The maximum Gasteiger partial charge on any atom is 0.305 e. The van der Waals surface area contributed by atoms with Gasteiger partial charge >= 0.3 is 5.97 Å². The Labute approximate surface area is 211 Å². The molecular weight excluding hydrogens is 489 g/mol. The van der Waals surface area contributed by atoms with Crippen molar-refractivity contribution in [3.63, 3.8) is 0 Å². The first-order valence-corrected chi connectivity index (χ1v) is 13.4. The summed E-state index contributed by atoms with van der Waals surface area (Å²) >= 11 is 0. The lowest BCUT2D eigenvalue weighted by atomic mass is 9.97. The van der Waals surface area contributed by atoms with Gasteiger partial charge in [-0.15, -0.1) is 0 Å². The predicted octanol–water partition coefficient (Wildman–Crippen LogP) is 4.20. The molecular formula is C25H32FN3O6S. The van der Waals surface area contributed by atoms with Crippen molar-refractivity contribution in [2.24, 2.45) is 0 Å². The van der Waals surface area contributed by atoms with Crippen molar-refractivity contribution in [2.75, 3.05) is 17.6 Å². The summed E-state index contributed by atoms with van der Waals surface area (Å²) in [6.07, 6.45) is 3.88. The Hall–Kier alpha value is -2.89. The fourth-order valence-electron chi connectivity index (χ4n) is 3.99. The summed E-state index contributed by atoms with van der Waals surface area (Å²) in [6, 6.07) is 5.75. The molecule has 1 aliphatic rings. The molecule has 2 atom stereocenters. The Bertz CT molecular complexity index is 1250. The summed E-state index contributed by atoms with van der Waals surface area (Å²) < 4.78 is 50.8. The van der Waals surface area contributed by atoms with Crippen molar-refractivity contribution in [1.82, 2.24) is 9.97 Å². The SMILES string of the molecule is CC(C)c1nc(N(C)S(C)(=O)=O)nc(-c2ccc(F)cc2)c1C=CC1C[C@@H](CC(=O)O)OC(C)(C)O1. The second-order valence-corrected chi connectivity index (χ2v) is 11.6. The quantitative estimate of drug-likeness (QED) is 0.549. The van der Waals surface area contributed by atoms with Crippen molar-refractivity contribution in [3.05, 3.63) is 47.4 Å². The normalized spacial score (nSPS) is 20.1. The van der Waals surface area contributed by atoms with E-state index in [2.05, 4.69) is 9.97 Å². The second-order valence-electron chi connectivity index (χ2n) is 9.55. The van der Waals surface area contributed by atoms with E-state index in [4.69, 9.17) is 9.47 Å². The van der Waals surface area contributed by atoms with Gasteiger partial charge in [0.2, 0.25) is 16.0 Å². The molecule has 11 heteroatoms. The number of anilines is 1. The largest absolute Gasteiger partial charge is 0.481 e. The molecule has 0 aliphatic carbocycles. The average Bonchev–Trinajstić information content (AvgIpc) is 2.75. The summed E-state index contributed by atoms with van der Waals surface area (Å²) in [5.74, 6) is -2.45. The zero-order valence-electron chi connectivity index (χ0n) is 21.2. The summed E-state index contributed by atoms with van der Waals surface area (Å²) in [7, 11) is -2.25. The molecule has 1 fully saturated rings. The molecule has 2 heterocycles. The van der Waals surface area contributed by atoms with Gasteiger partial charge in [0.1, 0.15) is 5.82 Å². The lowest BCUT2D eigenvalue weighted by Gasteiger charge is -2.39. The number of halogens is 1. The molecule has 0 radical (unpaired) electrons. The first kappa shape index (κ1) is 27.7. The Kier molecular flexibility index (Phi) is 8.17. The topological polar surface area (TPSA) is 119 Å². The lowest BCUT2D eigenvalue weighted by molar-refractivity contribution is -0.290. The van der Waals surface area contributed by atoms with Crippen molar-refractivity contribution in [2.45, 2.75) is 64.4 Å². The van der Waals surface area contributed by atoms with Crippen LogP contribution in [0.15, 0.2) is 30.3 Å². The number of hydrogen-bond acceptors (Lipinski definition) is 7. The van der Waals surface area contributed by atoms with Crippen LogP contribution in [0.4, 0.5) is 10.3 Å². The zero-order valence-corrected chi connectivity index (χ0v) is 22.0. The summed E-state index contributed by atoms with van der Waals surface area (Å²) in [4.78, 5) is 20.3. The van der Waals surface area contributed by atoms with Gasteiger partial charge < -0.3 is 14.6 Å². The molecule has 0 saturated carbocycles. The van der Waals surface area contributed by atoms with E-state index in [1.807, 2.05) is 13.8 Å². The van der Waals surface area contributed by atoms with Gasteiger partial charge in [0, 0.05) is 24.6 Å². The van der Waals surface area contributed by atoms with E-state index in [9.17, 15) is 22.7 Å². The zero-order chi connectivity index (χ0) is 26.8. The van der Waals surface area contributed by atoms with E-state index in [1.54, 1.807) is 38.1 Å². The molecule has 36 heavy (non-hydrogen) atoms. The van der Waals surface area contributed by atoms with Crippen LogP contribution in [0.2, 0.25) is 0 Å². The molecule has 1 aliphatic heterocycles. The highest BCUT2D eigenvalue weighted by Crippen LogP contribution is 2.33. The van der Waals surface area contributed by atoms with E-state index in [1.165, 1.54) is 19.2 Å². The van der Waals surface area contributed by atoms with E-state index < -0.39 is 39.8 Å². The molecule has 1 unspecified atom stereocenters. The molecule has 1 aromatic carbocycles. The highest BCUT2D eigenvalue weighted by molar-refractivity contribution is 7.92. The number of carboxylic acids is 1. The highest BCUT2D eigenvalue weighted by atomic mass is 32.2. The molecule has 1 aromatic heterocycles. The Morgan fingerprint density at radius 2 is 1.89 bits per heavy atom. The summed E-state index contributed by atoms with van der Waals surface area (Å²) in [6.45, 7) is 7.30. The fraction of sp³-hybridized carbons (Fsp3) is 0.480. The van der Waals surface area contributed by atoms with Crippen LogP contribution < -0.4 is 4.31 Å². The van der Waals surface area contributed by atoms with Gasteiger partial charge in [-0.3, -0.25) is 4.79 Å². The van der Waals surface area contributed by atoms with Gasteiger partial charge in [-0.1, -0.05) is 26.0 Å². The minimum absolute atomic E-state index is 0.00245. The van der Waals surface area contributed by atoms with Gasteiger partial charge in [0.15, 0.2) is 5.79 Å². The average molecular weight is 522 g/mol. The fourth-order valence-corrected chi connectivity index (χ4v) is 4.36. The smallest absolute Gasteiger partial charge is 0.305 e. The molecule has 2 aromatic rings. The summed E-state index contributed by atoms with van der Waals surface area (Å²) in [5, 5.41) is 9.21. The van der Waals surface area contributed by atoms with E-state index in [-0.39, 0.29) is 18.3 Å². The van der Waals surface area contributed by atoms with Crippen molar-refractivity contribution in [1.29, 1.82) is 0 Å². The number of aromatic nitrogens is 2. The number of carboxylic acid groups (broad SMARTS) is 1. The number of nitrogens with zero attached hydrogens (tertiary/aromatic N) is 3. The van der Waals surface area contributed by atoms with Crippen molar-refractivity contribution in [3.8, 4) is 11.3 Å². The van der Waals surface area contributed by atoms with Gasteiger partial charge in [0.25, 0.3) is 0 Å². The molecule has 0 amide bonds. The predicted molar refractivity (Wildman–Crippen MR) is 134 cm³/mol. The number of sulfonamides is 1. The Morgan fingerprint density at radius 3 is 2.44 bits per heavy atom. The molecule has 3 rings (SSSR count). The maximum absolute atomic E-state index is 13.7. The second kappa shape index (κ2) is 10.6. The monoisotopic (exact) mass is 521 g/mol. The van der Waals surface area contributed by atoms with E-state index in [0.717, 1.165) is 10.6 Å². The number of aliphatic carboxylic acids is 1. The third-order valence-corrected chi connectivity index (χ3v) is 6.83. The molecule has 0 spiro atoms. The van der Waals surface area contributed by atoms with Crippen LogP contribution >= 0.6 is 0 Å². The summed E-state index contributed by atoms with van der Waals surface area (Å²) in [5.41, 5.74) is 2.24. The van der Waals surface area contributed by atoms with Crippen LogP contribution in [0.1, 0.15) is 57.7 Å². The molecule has 196 valence electrons. The van der Waals surface area contributed by atoms with E-state index in [0.29, 0.717) is 28.9 Å². The number of ether oxygens (including phenoxy) is 2. The Morgan fingerprint density at radius 1 is 1.25 bits per heavy atom. The van der Waals surface area contributed by atoms with Crippen LogP contribution in [0.25, 0.3) is 17.3 Å². The number of rotatable bonds is 8. The maximum atomic E-state index is 13.7. The van der Waals surface area contributed by atoms with Crippen molar-refractivity contribution >= 4 is 28.0 Å². The Balaban J connectivity index is 2.13. The van der Waals surface area contributed by atoms with Gasteiger partial charge in [-0.25, -0.2) is 27.1 Å². The van der Waals surface area contributed by atoms with Gasteiger partial charge in [0.05, 0.1) is 36.3 Å².